The Morgan fingerprint density at radius 1 is 1.78 bits per heavy atom. The summed E-state index contributed by atoms with van der Waals surface area (Å²) in [5.41, 5.74) is 0. The molecular weight excluding hydrogens is 114 g/mol. The summed E-state index contributed by atoms with van der Waals surface area (Å²) in [6.07, 6.45) is 1.07. The van der Waals surface area contributed by atoms with Crippen LogP contribution in [0.2, 0.25) is 0 Å². The standard InChI is InChI=1S/C7H12NO/c1-6-3-4-8(5-6)7(2)9/h6H,1,3-5H2,2H3. The van der Waals surface area contributed by atoms with E-state index >= 15 is 0 Å². The summed E-state index contributed by atoms with van der Waals surface area (Å²) < 4.78 is 0. The molecule has 1 radical (unpaired) electrons. The van der Waals surface area contributed by atoms with Crippen molar-refractivity contribution >= 4 is 5.91 Å². The van der Waals surface area contributed by atoms with Gasteiger partial charge in [-0.3, -0.25) is 4.79 Å². The van der Waals surface area contributed by atoms with E-state index in [1.807, 2.05) is 4.90 Å². The third-order valence-corrected chi connectivity index (χ3v) is 1.73. The second-order valence-corrected chi connectivity index (χ2v) is 2.62. The molecule has 0 N–H and O–H groups in total. The van der Waals surface area contributed by atoms with E-state index in [0.29, 0.717) is 5.92 Å². The van der Waals surface area contributed by atoms with Crippen LogP contribution in [-0.2, 0) is 4.79 Å². The number of likely N-dealkylation sites (tertiary alicyclic amines) is 1. The maximum absolute atomic E-state index is 10.7. The number of hydrogen-bond acceptors (Lipinski definition) is 1. The highest BCUT2D eigenvalue weighted by atomic mass is 16.2. The van der Waals surface area contributed by atoms with E-state index in [9.17, 15) is 4.79 Å². The normalized spacial score (nSPS) is 26.9. The fourth-order valence-electron chi connectivity index (χ4n) is 1.12. The molecule has 9 heavy (non-hydrogen) atoms. The van der Waals surface area contributed by atoms with Crippen LogP contribution >= 0.6 is 0 Å². The average Bonchev–Trinajstić information content (AvgIpc) is 2.14. The van der Waals surface area contributed by atoms with Gasteiger partial charge in [-0.15, -0.1) is 0 Å². The minimum atomic E-state index is 0.182. The van der Waals surface area contributed by atoms with Gasteiger partial charge in [0, 0.05) is 20.0 Å². The van der Waals surface area contributed by atoms with Gasteiger partial charge in [-0.05, 0) is 19.3 Å². The Labute approximate surface area is 55.8 Å². The Hall–Kier alpha value is -0.530. The number of nitrogens with zero attached hydrogens (tertiary/aromatic N) is 1. The van der Waals surface area contributed by atoms with E-state index in [4.69, 9.17) is 0 Å². The molecule has 1 amide bonds. The highest BCUT2D eigenvalue weighted by molar-refractivity contribution is 5.73. The smallest absolute Gasteiger partial charge is 0.219 e. The van der Waals surface area contributed by atoms with Gasteiger partial charge in [-0.2, -0.15) is 0 Å². The molecule has 0 saturated carbocycles. The Morgan fingerprint density at radius 3 is 2.67 bits per heavy atom. The predicted octanol–water partition coefficient (Wildman–Crippen LogP) is 0.689. The van der Waals surface area contributed by atoms with Crippen molar-refractivity contribution in [1.82, 2.24) is 4.90 Å². The number of carbonyl (C=O) groups is 1. The third kappa shape index (κ3) is 1.44. The highest BCUT2D eigenvalue weighted by Gasteiger charge is 2.19. The Morgan fingerprint density at radius 2 is 2.44 bits per heavy atom. The van der Waals surface area contributed by atoms with Gasteiger partial charge < -0.3 is 4.90 Å². The largest absolute Gasteiger partial charge is 0.343 e. The lowest BCUT2D eigenvalue weighted by Crippen LogP contribution is -2.25. The summed E-state index contributed by atoms with van der Waals surface area (Å²) in [5.74, 6) is 0.648. The van der Waals surface area contributed by atoms with E-state index < -0.39 is 0 Å². The van der Waals surface area contributed by atoms with E-state index in [1.54, 1.807) is 6.92 Å². The topological polar surface area (TPSA) is 20.3 Å². The van der Waals surface area contributed by atoms with Crippen LogP contribution in [0.4, 0.5) is 0 Å². The Kier molecular flexibility index (Phi) is 1.74. The van der Waals surface area contributed by atoms with E-state index in [0.717, 1.165) is 19.5 Å². The van der Waals surface area contributed by atoms with E-state index in [2.05, 4.69) is 6.92 Å². The molecule has 1 saturated heterocycles. The van der Waals surface area contributed by atoms with Gasteiger partial charge in [-0.25, -0.2) is 0 Å². The first-order valence-electron chi connectivity index (χ1n) is 3.28. The van der Waals surface area contributed by atoms with Gasteiger partial charge in [0.05, 0.1) is 0 Å². The van der Waals surface area contributed by atoms with Crippen LogP contribution in [0.15, 0.2) is 0 Å². The maximum Gasteiger partial charge on any atom is 0.219 e. The van der Waals surface area contributed by atoms with Crippen molar-refractivity contribution in [3.8, 4) is 0 Å². The van der Waals surface area contributed by atoms with Crippen LogP contribution in [0.5, 0.6) is 0 Å². The van der Waals surface area contributed by atoms with Gasteiger partial charge in [0.1, 0.15) is 0 Å². The highest BCUT2D eigenvalue weighted by Crippen LogP contribution is 2.13. The quantitative estimate of drug-likeness (QED) is 0.467. The van der Waals surface area contributed by atoms with Gasteiger partial charge >= 0.3 is 0 Å². The molecule has 1 unspecified atom stereocenters. The lowest BCUT2D eigenvalue weighted by molar-refractivity contribution is -0.127. The van der Waals surface area contributed by atoms with Crippen LogP contribution in [0, 0.1) is 12.8 Å². The second kappa shape index (κ2) is 2.38. The molecule has 0 aromatic heterocycles. The first kappa shape index (κ1) is 6.59. The molecule has 1 heterocycles. The second-order valence-electron chi connectivity index (χ2n) is 2.62. The number of hydrogen-bond donors (Lipinski definition) is 0. The molecule has 1 fully saturated rings. The van der Waals surface area contributed by atoms with Crippen molar-refractivity contribution in [1.29, 1.82) is 0 Å². The maximum atomic E-state index is 10.7. The molecule has 1 aliphatic rings. The summed E-state index contributed by atoms with van der Waals surface area (Å²) in [5, 5.41) is 0. The molecule has 1 rings (SSSR count). The zero-order valence-electron chi connectivity index (χ0n) is 5.76. The number of amides is 1. The zero-order chi connectivity index (χ0) is 6.85. The van der Waals surface area contributed by atoms with Gasteiger partial charge in [0.25, 0.3) is 0 Å². The Bertz CT molecular complexity index is 122. The molecule has 0 spiro atoms. The zero-order valence-corrected chi connectivity index (χ0v) is 5.76. The summed E-state index contributed by atoms with van der Waals surface area (Å²) >= 11 is 0. The van der Waals surface area contributed by atoms with Gasteiger partial charge in [-0.1, -0.05) is 0 Å². The molecular formula is C7H12NO. The van der Waals surface area contributed by atoms with E-state index in [-0.39, 0.29) is 5.91 Å². The van der Waals surface area contributed by atoms with Crippen LogP contribution in [0.25, 0.3) is 0 Å². The lowest BCUT2D eigenvalue weighted by atomic mass is 10.2. The monoisotopic (exact) mass is 126 g/mol. The minimum Gasteiger partial charge on any atom is -0.343 e. The van der Waals surface area contributed by atoms with Crippen molar-refractivity contribution in [2.75, 3.05) is 13.1 Å². The fraction of sp³-hybridized carbons (Fsp3) is 0.714. The minimum absolute atomic E-state index is 0.182. The summed E-state index contributed by atoms with van der Waals surface area (Å²) in [6, 6.07) is 0. The van der Waals surface area contributed by atoms with Crippen molar-refractivity contribution in [2.45, 2.75) is 13.3 Å². The molecule has 2 heteroatoms. The van der Waals surface area contributed by atoms with Crippen molar-refractivity contribution < 1.29 is 4.79 Å². The molecule has 0 aromatic rings. The summed E-state index contributed by atoms with van der Waals surface area (Å²) in [6.45, 7) is 7.25. The van der Waals surface area contributed by atoms with Crippen LogP contribution in [0.3, 0.4) is 0 Å². The molecule has 1 atom stereocenters. The van der Waals surface area contributed by atoms with Crippen LogP contribution in [0.1, 0.15) is 13.3 Å². The van der Waals surface area contributed by atoms with Gasteiger partial charge in [0.15, 0.2) is 0 Å². The third-order valence-electron chi connectivity index (χ3n) is 1.73. The Balaban J connectivity index is 2.39. The summed E-state index contributed by atoms with van der Waals surface area (Å²) in [4.78, 5) is 12.5. The molecule has 0 aromatic carbocycles. The first-order valence-corrected chi connectivity index (χ1v) is 3.28. The van der Waals surface area contributed by atoms with E-state index in [1.165, 1.54) is 0 Å². The average molecular weight is 126 g/mol. The first-order chi connectivity index (χ1) is 4.20. The van der Waals surface area contributed by atoms with Crippen molar-refractivity contribution in [3.05, 3.63) is 6.92 Å². The molecule has 51 valence electrons. The van der Waals surface area contributed by atoms with Crippen LogP contribution in [-0.4, -0.2) is 23.9 Å². The summed E-state index contributed by atoms with van der Waals surface area (Å²) in [7, 11) is 0. The van der Waals surface area contributed by atoms with Gasteiger partial charge in [0.2, 0.25) is 5.91 Å². The molecule has 0 aliphatic carbocycles. The molecule has 1 aliphatic heterocycles. The molecule has 0 bridgehead atoms. The lowest BCUT2D eigenvalue weighted by Gasteiger charge is -2.11. The van der Waals surface area contributed by atoms with Crippen LogP contribution < -0.4 is 0 Å². The number of rotatable bonds is 0. The fourth-order valence-corrected chi connectivity index (χ4v) is 1.12. The predicted molar refractivity (Wildman–Crippen MR) is 35.7 cm³/mol. The van der Waals surface area contributed by atoms with Crippen molar-refractivity contribution in [2.24, 2.45) is 5.92 Å². The molecule has 2 nitrogen and oxygen atoms in total. The van der Waals surface area contributed by atoms with Crippen molar-refractivity contribution in [3.63, 3.8) is 0 Å². The number of carbonyl (C=O) groups excluding carboxylic acids is 1. The SMILES string of the molecule is [CH2]C1CCN(C(C)=O)C1.